The molecule has 1 radical (unpaired) electrons. The first-order valence-corrected chi connectivity index (χ1v) is 6.84. The van der Waals surface area contributed by atoms with E-state index < -0.39 is 23.9 Å². The number of carbonyl (C=O) groups is 4. The van der Waals surface area contributed by atoms with Gasteiger partial charge in [-0.1, -0.05) is 0 Å². The maximum Gasteiger partial charge on any atom is 2.00 e. The molecule has 0 N–H and O–H groups in total. The minimum Gasteiger partial charge on any atom is -0.545 e. The first-order valence-electron chi connectivity index (χ1n) is 4.31. The fraction of sp³-hybridized carbons (Fsp3) is 0.500. The molecule has 0 aliphatic heterocycles. The van der Waals surface area contributed by atoms with Gasteiger partial charge < -0.3 is 39.6 Å². The molecule has 0 aromatic rings. The third-order valence-corrected chi connectivity index (χ3v) is 2.89. The van der Waals surface area contributed by atoms with E-state index in [4.69, 9.17) is 0 Å². The van der Waals surface area contributed by atoms with Crippen molar-refractivity contribution < 1.29 is 159 Å². The second-order valence-electron chi connectivity index (χ2n) is 2.57. The predicted octanol–water partition coefficient (Wildman–Crippen LogP) is -13.4. The van der Waals surface area contributed by atoms with Crippen LogP contribution in [0.15, 0.2) is 0 Å². The smallest absolute Gasteiger partial charge is 0.545 e. The van der Waals surface area contributed by atoms with Crippen molar-refractivity contribution in [2.24, 2.45) is 0 Å². The number of hydrogen-bond donors (Lipinski definition) is 0. The maximum atomic E-state index is 9.65. The molecule has 0 bridgehead atoms. The van der Waals surface area contributed by atoms with Gasteiger partial charge in [-0.2, -0.15) is 0 Å². The van der Waals surface area contributed by atoms with Crippen LogP contribution in [0.4, 0.5) is 0 Å². The van der Waals surface area contributed by atoms with Crippen molar-refractivity contribution in [1.82, 2.24) is 0 Å². The standard InChI is InChI=1S/2C4H6O4S.Cu.2K/c2*5-3(6)1-9-2-4(7)8;;;/h2*1-2H2,(H,5,6)(H,7,8);;;/q;;+2;2*+1/p-2. The van der Waals surface area contributed by atoms with Gasteiger partial charge in [-0.05, 0) is 23.5 Å². The Hall–Kier alpha value is 2.37. The van der Waals surface area contributed by atoms with Crippen LogP contribution in [0.2, 0.25) is 0 Å². The van der Waals surface area contributed by atoms with Gasteiger partial charge in [0.15, 0.2) is 0 Å². The minimum absolute atomic E-state index is 0. The molecule has 13 heteroatoms. The van der Waals surface area contributed by atoms with E-state index in [2.05, 4.69) is 0 Å². The molecule has 0 spiro atoms. The predicted molar refractivity (Wildman–Crippen MR) is 57.0 cm³/mol. The Labute approximate surface area is 225 Å². The van der Waals surface area contributed by atoms with E-state index in [-0.39, 0.29) is 143 Å². The first kappa shape index (κ1) is 34.7. The number of thiol groups is 2. The van der Waals surface area contributed by atoms with Gasteiger partial charge in [-0.3, -0.25) is 0 Å². The zero-order valence-electron chi connectivity index (χ0n) is 11.3. The molecule has 0 atom stereocenters. The van der Waals surface area contributed by atoms with Crippen LogP contribution in [0.1, 0.15) is 0 Å². The summed E-state index contributed by atoms with van der Waals surface area (Å²) in [7, 11) is 0. The largest absolute Gasteiger partial charge is 2.00 e. The third-order valence-electron chi connectivity index (χ3n) is 0.964. The van der Waals surface area contributed by atoms with Crippen LogP contribution in [0.3, 0.4) is 0 Å². The van der Waals surface area contributed by atoms with Crippen LogP contribution in [-0.4, -0.2) is 46.9 Å². The molecule has 0 saturated carbocycles. The summed E-state index contributed by atoms with van der Waals surface area (Å²) in [5.41, 5.74) is 0. The molecule has 0 fully saturated rings. The number of carboxylic acids is 4. The zero-order chi connectivity index (χ0) is 14.6. The third kappa shape index (κ3) is 45.0. The van der Waals surface area contributed by atoms with E-state index >= 15 is 0 Å². The van der Waals surface area contributed by atoms with Crippen molar-refractivity contribution in [3.63, 3.8) is 0 Å². The van der Waals surface area contributed by atoms with Crippen LogP contribution in [0, 0.1) is 0 Å². The number of carboxylic acid groups (broad SMARTS) is 4. The van der Waals surface area contributed by atoms with Gasteiger partial charge in [0, 0.05) is 0 Å². The maximum absolute atomic E-state index is 9.65. The van der Waals surface area contributed by atoms with Crippen molar-refractivity contribution >= 4 is 47.4 Å². The SMILES string of the molecule is O=C([O-])C[SH+]CC(=O)[O-].O=C([O-])C[SH+]CC(=O)[O-].[Cu+2].[K+].[K+]. The number of rotatable bonds is 8. The Kier molecular flexibility index (Phi) is 40.6. The molecule has 21 heavy (non-hydrogen) atoms. The van der Waals surface area contributed by atoms with Gasteiger partial charge in [0.05, 0.1) is 23.9 Å². The van der Waals surface area contributed by atoms with Gasteiger partial charge in [0.1, 0.15) is 23.0 Å². The Morgan fingerprint density at radius 1 is 0.571 bits per heavy atom. The molecule has 0 aliphatic carbocycles. The van der Waals surface area contributed by atoms with Crippen molar-refractivity contribution in [2.45, 2.75) is 0 Å². The fourth-order valence-electron chi connectivity index (χ4n) is 0.477. The van der Waals surface area contributed by atoms with Gasteiger partial charge in [-0.15, -0.1) is 0 Å². The van der Waals surface area contributed by atoms with Gasteiger partial charge in [0.2, 0.25) is 0 Å². The van der Waals surface area contributed by atoms with E-state index in [1.54, 1.807) is 0 Å². The second kappa shape index (κ2) is 24.6. The van der Waals surface area contributed by atoms with Crippen LogP contribution in [-0.2, 0) is 59.8 Å². The van der Waals surface area contributed by atoms with Crippen molar-refractivity contribution in [2.75, 3.05) is 23.0 Å². The van der Waals surface area contributed by atoms with E-state index in [1.165, 1.54) is 0 Å². The Balaban J connectivity index is -0.0000000711. The summed E-state index contributed by atoms with van der Waals surface area (Å²) in [5.74, 6) is -5.92. The first-order chi connectivity index (χ1) is 8.25. The summed E-state index contributed by atoms with van der Waals surface area (Å²) in [6.45, 7) is 0. The summed E-state index contributed by atoms with van der Waals surface area (Å²) in [6, 6.07) is 0. The van der Waals surface area contributed by atoms with Crippen LogP contribution < -0.4 is 123 Å². The number of aliphatic carboxylic acids is 4. The molecular weight excluding hydrogens is 430 g/mol. The molecule has 0 aliphatic rings. The molecule has 0 aromatic heterocycles. The van der Waals surface area contributed by atoms with E-state index in [9.17, 15) is 39.6 Å². The molecule has 0 rings (SSSR count). The zero-order valence-corrected chi connectivity index (χ0v) is 20.3. The average Bonchev–Trinajstić information content (AvgIpc) is 2.15. The van der Waals surface area contributed by atoms with Gasteiger partial charge in [0.25, 0.3) is 0 Å². The minimum atomic E-state index is -1.24. The monoisotopic (exact) mass is 439 g/mol. The van der Waals surface area contributed by atoms with E-state index in [0.717, 1.165) is 0 Å². The quantitative estimate of drug-likeness (QED) is 0.204. The second-order valence-corrected chi connectivity index (χ2v) is 4.73. The molecule has 0 heterocycles. The normalized spacial score (nSPS) is 7.62. The molecule has 0 aromatic carbocycles. The summed E-state index contributed by atoms with van der Waals surface area (Å²) in [4.78, 5) is 38.6. The molecule has 113 valence electrons. The van der Waals surface area contributed by atoms with Gasteiger partial charge in [-0.25, -0.2) is 0 Å². The molecule has 8 nitrogen and oxygen atoms in total. The van der Waals surface area contributed by atoms with E-state index in [1.807, 2.05) is 0 Å². The molecular formula is C8H10CuK2O8S2+2. The summed E-state index contributed by atoms with van der Waals surface area (Å²) < 4.78 is 0. The van der Waals surface area contributed by atoms with Crippen molar-refractivity contribution in [1.29, 1.82) is 0 Å². The topological polar surface area (TPSA) is 161 Å². The van der Waals surface area contributed by atoms with Gasteiger partial charge >= 0.3 is 120 Å². The Bertz CT molecular complexity index is 261. The average molecular weight is 440 g/mol. The Morgan fingerprint density at radius 2 is 0.714 bits per heavy atom. The molecule has 0 saturated heterocycles. The van der Waals surface area contributed by atoms with Crippen molar-refractivity contribution in [3.8, 4) is 0 Å². The molecule has 0 unspecified atom stereocenters. The van der Waals surface area contributed by atoms with Crippen LogP contribution in [0.5, 0.6) is 0 Å². The Morgan fingerprint density at radius 3 is 0.810 bits per heavy atom. The summed E-state index contributed by atoms with van der Waals surface area (Å²) in [6.07, 6.45) is 0. The fourth-order valence-corrected chi connectivity index (χ4v) is 1.43. The van der Waals surface area contributed by atoms with E-state index in [0.29, 0.717) is 23.5 Å². The number of hydrogen-bond acceptors (Lipinski definition) is 8. The van der Waals surface area contributed by atoms with Crippen molar-refractivity contribution in [3.05, 3.63) is 0 Å². The number of carbonyl (C=O) groups excluding carboxylic acids is 4. The summed E-state index contributed by atoms with van der Waals surface area (Å²) in [5, 5.41) is 38.6. The van der Waals surface area contributed by atoms with Crippen LogP contribution >= 0.6 is 0 Å². The van der Waals surface area contributed by atoms with Crippen LogP contribution in [0.25, 0.3) is 0 Å². The summed E-state index contributed by atoms with van der Waals surface area (Å²) >= 11 is 0.614. The molecule has 0 amide bonds.